The largest absolute Gasteiger partial charge is 0.346 e. The summed E-state index contributed by atoms with van der Waals surface area (Å²) in [6, 6.07) is 0. The maximum atomic E-state index is 12.1. The van der Waals surface area contributed by atoms with Gasteiger partial charge in [-0.25, -0.2) is 0 Å². The van der Waals surface area contributed by atoms with E-state index in [0.717, 1.165) is 17.8 Å². The van der Waals surface area contributed by atoms with Gasteiger partial charge in [-0.15, -0.1) is 0 Å². The Morgan fingerprint density at radius 1 is 1.17 bits per heavy atom. The monoisotopic (exact) mass is 247 g/mol. The number of nitrogens with one attached hydrogen (secondary N) is 1. The molecule has 4 rings (SSSR count). The van der Waals surface area contributed by atoms with Gasteiger partial charge in [-0.3, -0.25) is 4.79 Å². The molecule has 0 radical (unpaired) electrons. The molecule has 4 aliphatic carbocycles. The van der Waals surface area contributed by atoms with Gasteiger partial charge in [0, 0.05) is 11.1 Å². The molecule has 2 heteroatoms. The van der Waals surface area contributed by atoms with Crippen molar-refractivity contribution in [2.45, 2.75) is 58.4 Å². The molecule has 0 aromatic rings. The van der Waals surface area contributed by atoms with Crippen LogP contribution in [0.25, 0.3) is 0 Å². The van der Waals surface area contributed by atoms with E-state index in [2.05, 4.69) is 25.7 Å². The minimum atomic E-state index is 0.0395. The Labute approximate surface area is 110 Å². The van der Waals surface area contributed by atoms with Crippen molar-refractivity contribution in [1.29, 1.82) is 0 Å². The van der Waals surface area contributed by atoms with Crippen LogP contribution < -0.4 is 5.32 Å². The Hall–Kier alpha value is -0.790. The summed E-state index contributed by atoms with van der Waals surface area (Å²) in [7, 11) is 0. The standard InChI is InChI=1S/C16H25NO/c1-10(2)14(18)17-16-8-11-5-12(9-16)7-13(6-11)15(16,3)4/h11-13H,1,5-9H2,2-4H3,(H,17,18). The number of rotatable bonds is 2. The first kappa shape index (κ1) is 12.3. The van der Waals surface area contributed by atoms with Crippen molar-refractivity contribution in [3.63, 3.8) is 0 Å². The molecule has 0 aromatic carbocycles. The average molecular weight is 247 g/mol. The number of carbonyl (C=O) groups excluding carboxylic acids is 1. The highest BCUT2D eigenvalue weighted by molar-refractivity contribution is 5.92. The fourth-order valence-corrected chi connectivity index (χ4v) is 5.06. The summed E-state index contributed by atoms with van der Waals surface area (Å²) >= 11 is 0. The first-order valence-electron chi connectivity index (χ1n) is 7.32. The average Bonchev–Trinajstić information content (AvgIpc) is 2.25. The van der Waals surface area contributed by atoms with Gasteiger partial charge in [0.25, 0.3) is 0 Å². The topological polar surface area (TPSA) is 29.1 Å². The summed E-state index contributed by atoms with van der Waals surface area (Å²) in [5, 5.41) is 3.38. The molecule has 2 atom stereocenters. The van der Waals surface area contributed by atoms with Gasteiger partial charge in [-0.05, 0) is 62.2 Å². The third-order valence-electron chi connectivity index (χ3n) is 6.17. The maximum Gasteiger partial charge on any atom is 0.246 e. The minimum Gasteiger partial charge on any atom is -0.346 e. The van der Waals surface area contributed by atoms with Crippen LogP contribution in [0.15, 0.2) is 12.2 Å². The second-order valence-electron chi connectivity index (χ2n) is 7.58. The normalized spacial score (nSPS) is 43.8. The Balaban J connectivity index is 1.93. The van der Waals surface area contributed by atoms with Crippen LogP contribution in [0.3, 0.4) is 0 Å². The molecule has 0 heterocycles. The number of carbonyl (C=O) groups is 1. The van der Waals surface area contributed by atoms with Gasteiger partial charge < -0.3 is 5.32 Å². The van der Waals surface area contributed by atoms with Crippen LogP contribution in [0.4, 0.5) is 0 Å². The molecule has 0 spiro atoms. The lowest BCUT2D eigenvalue weighted by Gasteiger charge is -2.66. The van der Waals surface area contributed by atoms with Crippen LogP contribution in [-0.4, -0.2) is 11.4 Å². The molecular weight excluding hydrogens is 222 g/mol. The highest BCUT2D eigenvalue weighted by Gasteiger charge is 2.61. The van der Waals surface area contributed by atoms with Gasteiger partial charge in [0.15, 0.2) is 0 Å². The van der Waals surface area contributed by atoms with E-state index in [1.54, 1.807) is 0 Å². The van der Waals surface area contributed by atoms with Gasteiger partial charge in [0.1, 0.15) is 0 Å². The van der Waals surface area contributed by atoms with Gasteiger partial charge in [-0.1, -0.05) is 20.4 Å². The predicted molar refractivity (Wildman–Crippen MR) is 73.0 cm³/mol. The molecule has 4 bridgehead atoms. The van der Waals surface area contributed by atoms with Crippen molar-refractivity contribution in [2.24, 2.45) is 23.2 Å². The molecule has 2 unspecified atom stereocenters. The Bertz CT molecular complexity index is 395. The van der Waals surface area contributed by atoms with Crippen molar-refractivity contribution >= 4 is 5.91 Å². The van der Waals surface area contributed by atoms with E-state index in [1.807, 2.05) is 6.92 Å². The van der Waals surface area contributed by atoms with E-state index >= 15 is 0 Å². The van der Waals surface area contributed by atoms with Crippen molar-refractivity contribution in [3.8, 4) is 0 Å². The summed E-state index contributed by atoms with van der Waals surface area (Å²) in [6.45, 7) is 10.3. The number of amides is 1. The van der Waals surface area contributed by atoms with E-state index in [-0.39, 0.29) is 16.9 Å². The summed E-state index contributed by atoms with van der Waals surface area (Å²) in [5.74, 6) is 2.56. The number of hydrogen-bond donors (Lipinski definition) is 1. The Morgan fingerprint density at radius 2 is 1.72 bits per heavy atom. The van der Waals surface area contributed by atoms with Gasteiger partial charge in [0.05, 0.1) is 0 Å². The molecule has 0 aliphatic heterocycles. The fraction of sp³-hybridized carbons (Fsp3) is 0.812. The first-order chi connectivity index (χ1) is 8.34. The lowest BCUT2D eigenvalue weighted by Crippen LogP contribution is -2.69. The first-order valence-corrected chi connectivity index (χ1v) is 7.32. The molecule has 1 N–H and O–H groups in total. The quantitative estimate of drug-likeness (QED) is 0.745. The smallest absolute Gasteiger partial charge is 0.246 e. The van der Waals surface area contributed by atoms with E-state index in [1.165, 1.54) is 32.1 Å². The van der Waals surface area contributed by atoms with Crippen LogP contribution >= 0.6 is 0 Å². The SMILES string of the molecule is C=C(C)C(=O)NC12CC3CC(CC(C3)C1(C)C)C2. The van der Waals surface area contributed by atoms with Crippen molar-refractivity contribution in [2.75, 3.05) is 0 Å². The van der Waals surface area contributed by atoms with Crippen LogP contribution in [0, 0.1) is 23.2 Å². The number of hydrogen-bond acceptors (Lipinski definition) is 1. The summed E-state index contributed by atoms with van der Waals surface area (Å²) in [5.41, 5.74) is 0.921. The van der Waals surface area contributed by atoms with Gasteiger partial charge >= 0.3 is 0 Å². The van der Waals surface area contributed by atoms with Crippen molar-refractivity contribution in [1.82, 2.24) is 5.32 Å². The third-order valence-corrected chi connectivity index (χ3v) is 6.17. The Kier molecular flexibility index (Phi) is 2.46. The lowest BCUT2D eigenvalue weighted by molar-refractivity contribution is -0.142. The zero-order valence-corrected chi connectivity index (χ0v) is 11.9. The van der Waals surface area contributed by atoms with Crippen LogP contribution in [-0.2, 0) is 4.79 Å². The van der Waals surface area contributed by atoms with Crippen molar-refractivity contribution in [3.05, 3.63) is 12.2 Å². The van der Waals surface area contributed by atoms with Crippen LogP contribution in [0.2, 0.25) is 0 Å². The highest BCUT2D eigenvalue weighted by atomic mass is 16.1. The summed E-state index contributed by atoms with van der Waals surface area (Å²) in [6.07, 6.45) is 6.54. The predicted octanol–water partition coefficient (Wildman–Crippen LogP) is 3.28. The molecular formula is C16H25NO. The summed E-state index contributed by atoms with van der Waals surface area (Å²) in [4.78, 5) is 12.1. The van der Waals surface area contributed by atoms with Gasteiger partial charge in [-0.2, -0.15) is 0 Å². The molecule has 100 valence electrons. The molecule has 4 saturated carbocycles. The highest BCUT2D eigenvalue weighted by Crippen LogP contribution is 2.63. The zero-order chi connectivity index (χ0) is 13.1. The second kappa shape index (κ2) is 3.61. The molecule has 4 aliphatic rings. The van der Waals surface area contributed by atoms with E-state index in [9.17, 15) is 4.79 Å². The molecule has 0 aromatic heterocycles. The molecule has 4 fully saturated rings. The minimum absolute atomic E-state index is 0.0395. The van der Waals surface area contributed by atoms with Crippen LogP contribution in [0.1, 0.15) is 52.9 Å². The Morgan fingerprint density at radius 3 is 2.22 bits per heavy atom. The summed E-state index contributed by atoms with van der Waals surface area (Å²) < 4.78 is 0. The zero-order valence-electron chi connectivity index (χ0n) is 11.9. The molecule has 1 amide bonds. The fourth-order valence-electron chi connectivity index (χ4n) is 5.06. The second-order valence-corrected chi connectivity index (χ2v) is 7.58. The van der Waals surface area contributed by atoms with Gasteiger partial charge in [0.2, 0.25) is 5.91 Å². The van der Waals surface area contributed by atoms with E-state index in [0.29, 0.717) is 5.57 Å². The third kappa shape index (κ3) is 1.50. The maximum absolute atomic E-state index is 12.1. The molecule has 0 saturated heterocycles. The van der Waals surface area contributed by atoms with E-state index in [4.69, 9.17) is 0 Å². The van der Waals surface area contributed by atoms with Crippen molar-refractivity contribution < 1.29 is 4.79 Å². The van der Waals surface area contributed by atoms with E-state index < -0.39 is 0 Å². The lowest BCUT2D eigenvalue weighted by atomic mass is 9.43. The van der Waals surface area contributed by atoms with Crippen LogP contribution in [0.5, 0.6) is 0 Å². The molecule has 18 heavy (non-hydrogen) atoms. The molecule has 2 nitrogen and oxygen atoms in total.